The van der Waals surface area contributed by atoms with Crippen molar-refractivity contribution in [1.82, 2.24) is 9.78 Å². The largest absolute Gasteiger partial charge is 0.492 e. The van der Waals surface area contributed by atoms with Crippen LogP contribution >= 0.6 is 15.9 Å². The molecule has 0 bridgehead atoms. The minimum absolute atomic E-state index is 0.0186. The number of nitrogens with zero attached hydrogens (tertiary/aromatic N) is 2. The molecule has 2 aromatic carbocycles. The van der Waals surface area contributed by atoms with E-state index in [0.717, 1.165) is 22.3 Å². The van der Waals surface area contributed by atoms with Crippen LogP contribution in [0, 0.1) is 11.6 Å². The van der Waals surface area contributed by atoms with E-state index in [1.807, 2.05) is 45.0 Å². The molecular formula is C22H22BrF2N3O2. The first-order chi connectivity index (χ1) is 14.1. The van der Waals surface area contributed by atoms with Gasteiger partial charge in [0.05, 0.1) is 12.2 Å². The van der Waals surface area contributed by atoms with E-state index >= 15 is 0 Å². The number of anilines is 1. The van der Waals surface area contributed by atoms with E-state index in [9.17, 15) is 13.6 Å². The summed E-state index contributed by atoms with van der Waals surface area (Å²) in [6.45, 7) is 6.76. The molecule has 0 atom stereocenters. The van der Waals surface area contributed by atoms with Crippen LogP contribution in [0.5, 0.6) is 5.75 Å². The number of rotatable bonds is 6. The number of nitrogens with one attached hydrogen (secondary N) is 1. The molecule has 3 rings (SSSR count). The van der Waals surface area contributed by atoms with Gasteiger partial charge in [-0.05, 0) is 42.5 Å². The van der Waals surface area contributed by atoms with Crippen LogP contribution < -0.4 is 10.1 Å². The highest BCUT2D eigenvalue weighted by atomic mass is 79.9. The van der Waals surface area contributed by atoms with Crippen LogP contribution in [0.1, 0.15) is 36.8 Å². The van der Waals surface area contributed by atoms with Gasteiger partial charge in [0.2, 0.25) is 0 Å². The van der Waals surface area contributed by atoms with Crippen molar-refractivity contribution < 1.29 is 18.3 Å². The molecule has 0 fully saturated rings. The Balaban J connectivity index is 1.76. The molecular weight excluding hydrogens is 456 g/mol. The lowest BCUT2D eigenvalue weighted by molar-refractivity contribution is 0.102. The van der Waals surface area contributed by atoms with Crippen molar-refractivity contribution in [2.45, 2.75) is 32.7 Å². The van der Waals surface area contributed by atoms with Crippen LogP contribution in [-0.4, -0.2) is 22.3 Å². The molecule has 0 aliphatic heterocycles. The van der Waals surface area contributed by atoms with Gasteiger partial charge < -0.3 is 10.1 Å². The predicted octanol–water partition coefficient (Wildman–Crippen LogP) is 5.55. The maximum atomic E-state index is 13.5. The summed E-state index contributed by atoms with van der Waals surface area (Å²) in [5.41, 5.74) is 0.566. The second-order valence-corrected chi connectivity index (χ2v) is 8.69. The van der Waals surface area contributed by atoms with Crippen molar-refractivity contribution in [2.24, 2.45) is 0 Å². The molecule has 1 N–H and O–H groups in total. The number of hydrogen-bond acceptors (Lipinski definition) is 3. The van der Waals surface area contributed by atoms with Crippen molar-refractivity contribution >= 4 is 27.7 Å². The zero-order chi connectivity index (χ0) is 21.9. The Hall–Kier alpha value is -2.74. The lowest BCUT2D eigenvalue weighted by atomic mass is 9.92. The fourth-order valence-corrected chi connectivity index (χ4v) is 2.93. The molecule has 0 unspecified atom stereocenters. The van der Waals surface area contributed by atoms with Crippen LogP contribution in [0.4, 0.5) is 14.6 Å². The molecule has 1 aromatic heterocycles. The van der Waals surface area contributed by atoms with E-state index in [4.69, 9.17) is 4.74 Å². The Kier molecular flexibility index (Phi) is 6.55. The average molecular weight is 478 g/mol. The van der Waals surface area contributed by atoms with Crippen molar-refractivity contribution in [3.63, 3.8) is 0 Å². The fourth-order valence-electron chi connectivity index (χ4n) is 2.66. The highest BCUT2D eigenvalue weighted by Gasteiger charge is 2.21. The number of carbonyl (C=O) groups excluding carboxylic acids is 1. The summed E-state index contributed by atoms with van der Waals surface area (Å²) in [5, 5.41) is 7.32. The minimum atomic E-state index is -1.07. The van der Waals surface area contributed by atoms with E-state index < -0.39 is 17.5 Å². The summed E-state index contributed by atoms with van der Waals surface area (Å²) in [6.07, 6.45) is 0. The van der Waals surface area contributed by atoms with Gasteiger partial charge in [-0.3, -0.25) is 4.79 Å². The lowest BCUT2D eigenvalue weighted by Crippen LogP contribution is -2.18. The third-order valence-corrected chi connectivity index (χ3v) is 4.89. The highest BCUT2D eigenvalue weighted by Crippen LogP contribution is 2.25. The number of halogens is 3. The lowest BCUT2D eigenvalue weighted by Gasteiger charge is -2.14. The number of ether oxygens (including phenoxy) is 1. The molecule has 8 heteroatoms. The summed E-state index contributed by atoms with van der Waals surface area (Å²) in [7, 11) is 0. The molecule has 0 spiro atoms. The maximum absolute atomic E-state index is 13.5. The van der Waals surface area contributed by atoms with E-state index in [1.54, 1.807) is 10.7 Å². The average Bonchev–Trinajstić information content (AvgIpc) is 3.08. The predicted molar refractivity (Wildman–Crippen MR) is 115 cm³/mol. The third kappa shape index (κ3) is 5.44. The van der Waals surface area contributed by atoms with Crippen molar-refractivity contribution in [2.75, 3.05) is 11.9 Å². The van der Waals surface area contributed by atoms with Gasteiger partial charge in [0.25, 0.3) is 5.91 Å². The topological polar surface area (TPSA) is 56.2 Å². The third-order valence-electron chi connectivity index (χ3n) is 4.36. The Morgan fingerprint density at radius 1 is 1.10 bits per heavy atom. The smallest absolute Gasteiger partial charge is 0.256 e. The summed E-state index contributed by atoms with van der Waals surface area (Å²) in [5.74, 6) is -1.46. The Morgan fingerprint density at radius 3 is 2.43 bits per heavy atom. The number of carbonyl (C=O) groups is 1. The van der Waals surface area contributed by atoms with Gasteiger partial charge in [0.1, 0.15) is 18.2 Å². The van der Waals surface area contributed by atoms with Crippen molar-refractivity contribution in [3.05, 3.63) is 75.9 Å². The quantitative estimate of drug-likeness (QED) is 0.506. The molecule has 0 saturated heterocycles. The van der Waals surface area contributed by atoms with Crippen LogP contribution in [-0.2, 0) is 12.0 Å². The van der Waals surface area contributed by atoms with E-state index in [1.165, 1.54) is 6.07 Å². The van der Waals surface area contributed by atoms with Gasteiger partial charge >= 0.3 is 0 Å². The molecule has 0 aliphatic carbocycles. The summed E-state index contributed by atoms with van der Waals surface area (Å²) < 4.78 is 35.0. The van der Waals surface area contributed by atoms with Gasteiger partial charge in [-0.2, -0.15) is 5.10 Å². The first-order valence-electron chi connectivity index (χ1n) is 9.36. The minimum Gasteiger partial charge on any atom is -0.492 e. The number of amides is 1. The van der Waals surface area contributed by atoms with Crippen LogP contribution in [0.3, 0.4) is 0 Å². The second kappa shape index (κ2) is 8.95. The van der Waals surface area contributed by atoms with Gasteiger partial charge in [-0.15, -0.1) is 0 Å². The number of benzene rings is 2. The first kappa shape index (κ1) is 22.0. The molecule has 1 heterocycles. The van der Waals surface area contributed by atoms with Gasteiger partial charge in [-0.25, -0.2) is 13.5 Å². The number of hydrogen-bond donors (Lipinski definition) is 1. The van der Waals surface area contributed by atoms with E-state index in [0.29, 0.717) is 24.7 Å². The Bertz CT molecular complexity index is 1040. The maximum Gasteiger partial charge on any atom is 0.256 e. The number of aromatic nitrogens is 2. The zero-order valence-electron chi connectivity index (χ0n) is 16.9. The van der Waals surface area contributed by atoms with Crippen molar-refractivity contribution in [3.8, 4) is 5.75 Å². The second-order valence-electron chi connectivity index (χ2n) is 7.77. The van der Waals surface area contributed by atoms with Gasteiger partial charge in [0, 0.05) is 21.5 Å². The molecule has 1 amide bonds. The molecule has 30 heavy (non-hydrogen) atoms. The van der Waals surface area contributed by atoms with Gasteiger partial charge in [-0.1, -0.05) is 36.7 Å². The summed E-state index contributed by atoms with van der Waals surface area (Å²) in [4.78, 5) is 12.5. The molecule has 0 aliphatic rings. The monoisotopic (exact) mass is 477 g/mol. The Morgan fingerprint density at radius 2 is 1.80 bits per heavy atom. The normalized spacial score (nSPS) is 11.4. The summed E-state index contributed by atoms with van der Waals surface area (Å²) >= 11 is 3.38. The molecule has 158 valence electrons. The summed E-state index contributed by atoms with van der Waals surface area (Å²) in [6, 6.07) is 12.3. The SMILES string of the molecule is CC(C)(C)c1cc(NC(=O)c2ccc(F)c(F)c2)n(CCOc2ccc(Br)cc2)n1. The Labute approximate surface area is 182 Å². The van der Waals surface area contributed by atoms with Crippen LogP contribution in [0.15, 0.2) is 53.0 Å². The van der Waals surface area contributed by atoms with E-state index in [-0.39, 0.29) is 11.0 Å². The van der Waals surface area contributed by atoms with Gasteiger partial charge in [0.15, 0.2) is 11.6 Å². The molecule has 5 nitrogen and oxygen atoms in total. The van der Waals surface area contributed by atoms with E-state index in [2.05, 4.69) is 26.3 Å². The molecule has 3 aromatic rings. The highest BCUT2D eigenvalue weighted by molar-refractivity contribution is 9.10. The van der Waals surface area contributed by atoms with Crippen molar-refractivity contribution in [1.29, 1.82) is 0 Å². The van der Waals surface area contributed by atoms with Crippen LogP contribution in [0.25, 0.3) is 0 Å². The standard InChI is InChI=1S/C22H22BrF2N3O2/c1-22(2,3)19-13-20(26-21(29)14-4-9-17(24)18(25)12-14)28(27-19)10-11-30-16-7-5-15(23)6-8-16/h4-9,12-13H,10-11H2,1-3H3,(H,26,29). The first-order valence-corrected chi connectivity index (χ1v) is 10.2. The van der Waals surface area contributed by atoms with Crippen LogP contribution in [0.2, 0.25) is 0 Å². The molecule has 0 saturated carbocycles. The zero-order valence-corrected chi connectivity index (χ0v) is 18.5. The molecule has 0 radical (unpaired) electrons. The fraction of sp³-hybridized carbons (Fsp3) is 0.273.